The van der Waals surface area contributed by atoms with Crippen LogP contribution in [0.2, 0.25) is 0 Å². The zero-order valence-electron chi connectivity index (χ0n) is 10.4. The second kappa shape index (κ2) is 6.51. The van der Waals surface area contributed by atoms with Gasteiger partial charge in [-0.2, -0.15) is 0 Å². The molecule has 1 aromatic rings. The zero-order chi connectivity index (χ0) is 13.9. The van der Waals surface area contributed by atoms with Crippen LogP contribution in [0.5, 0.6) is 0 Å². The summed E-state index contributed by atoms with van der Waals surface area (Å²) < 4.78 is 1.71. The van der Waals surface area contributed by atoms with E-state index in [1.54, 1.807) is 27.2 Å². The molecule has 0 N–H and O–H groups in total. The SMILES string of the molecule is CN(C)C(=O)CN(C)C(=O)c1cc(I)ccc1Br. The molecule has 0 spiro atoms. The van der Waals surface area contributed by atoms with Crippen LogP contribution < -0.4 is 0 Å². The Bertz CT molecular complexity index is 477. The highest BCUT2D eigenvalue weighted by atomic mass is 127. The van der Waals surface area contributed by atoms with Gasteiger partial charge in [0.25, 0.3) is 5.91 Å². The number of rotatable bonds is 3. The van der Waals surface area contributed by atoms with Crippen LogP contribution in [0, 0.1) is 3.57 Å². The van der Waals surface area contributed by atoms with E-state index in [9.17, 15) is 9.59 Å². The van der Waals surface area contributed by atoms with Crippen molar-refractivity contribution in [2.24, 2.45) is 0 Å². The third kappa shape index (κ3) is 3.94. The lowest BCUT2D eigenvalue weighted by molar-refractivity contribution is -0.129. The molecule has 2 amide bonds. The standard InChI is InChI=1S/C12H14BrIN2O2/c1-15(2)11(17)7-16(3)12(18)9-6-8(14)4-5-10(9)13/h4-6H,7H2,1-3H3. The van der Waals surface area contributed by atoms with E-state index in [1.165, 1.54) is 9.80 Å². The number of carbonyl (C=O) groups excluding carboxylic acids is 2. The fraction of sp³-hybridized carbons (Fsp3) is 0.333. The van der Waals surface area contributed by atoms with E-state index in [2.05, 4.69) is 38.5 Å². The van der Waals surface area contributed by atoms with Gasteiger partial charge in [0.1, 0.15) is 0 Å². The van der Waals surface area contributed by atoms with Crippen LogP contribution in [0.15, 0.2) is 22.7 Å². The lowest BCUT2D eigenvalue weighted by atomic mass is 10.2. The molecule has 0 aliphatic rings. The van der Waals surface area contributed by atoms with Crippen molar-refractivity contribution < 1.29 is 9.59 Å². The molecule has 0 saturated carbocycles. The molecule has 0 aromatic heterocycles. The van der Waals surface area contributed by atoms with Gasteiger partial charge in [-0.15, -0.1) is 0 Å². The monoisotopic (exact) mass is 424 g/mol. The first-order valence-electron chi connectivity index (χ1n) is 5.23. The first kappa shape index (κ1) is 15.4. The van der Waals surface area contributed by atoms with Crippen LogP contribution in [-0.4, -0.2) is 49.3 Å². The molecule has 0 aliphatic carbocycles. The summed E-state index contributed by atoms with van der Waals surface area (Å²) in [6.07, 6.45) is 0. The van der Waals surface area contributed by atoms with Gasteiger partial charge in [-0.1, -0.05) is 0 Å². The van der Waals surface area contributed by atoms with Crippen molar-refractivity contribution >= 4 is 50.3 Å². The van der Waals surface area contributed by atoms with Crippen molar-refractivity contribution in [2.45, 2.75) is 0 Å². The van der Waals surface area contributed by atoms with Gasteiger partial charge >= 0.3 is 0 Å². The van der Waals surface area contributed by atoms with Gasteiger partial charge < -0.3 is 9.80 Å². The van der Waals surface area contributed by atoms with Crippen molar-refractivity contribution in [3.63, 3.8) is 0 Å². The lowest BCUT2D eigenvalue weighted by Crippen LogP contribution is -2.37. The Labute approximate surface area is 129 Å². The second-order valence-corrected chi connectivity index (χ2v) is 6.17. The van der Waals surface area contributed by atoms with Gasteiger partial charge in [0.05, 0.1) is 12.1 Å². The smallest absolute Gasteiger partial charge is 0.255 e. The van der Waals surface area contributed by atoms with E-state index < -0.39 is 0 Å². The molecule has 6 heteroatoms. The molecule has 0 saturated heterocycles. The highest BCUT2D eigenvalue weighted by Gasteiger charge is 2.18. The molecule has 0 fully saturated rings. The topological polar surface area (TPSA) is 40.6 Å². The van der Waals surface area contributed by atoms with Gasteiger partial charge in [0.2, 0.25) is 5.91 Å². The Morgan fingerprint density at radius 2 is 1.89 bits per heavy atom. The molecular formula is C12H14BrIN2O2. The Balaban J connectivity index is 2.87. The van der Waals surface area contributed by atoms with E-state index >= 15 is 0 Å². The molecule has 0 unspecified atom stereocenters. The van der Waals surface area contributed by atoms with Crippen LogP contribution in [-0.2, 0) is 4.79 Å². The molecule has 0 atom stereocenters. The largest absolute Gasteiger partial charge is 0.347 e. The Morgan fingerprint density at radius 1 is 1.28 bits per heavy atom. The third-order valence-corrected chi connectivity index (χ3v) is 3.74. The van der Waals surface area contributed by atoms with Gasteiger partial charge in [-0.3, -0.25) is 9.59 Å². The molecule has 1 aromatic carbocycles. The van der Waals surface area contributed by atoms with Crippen molar-refractivity contribution in [1.82, 2.24) is 9.80 Å². The summed E-state index contributed by atoms with van der Waals surface area (Å²) in [6.45, 7) is 0.0732. The maximum absolute atomic E-state index is 12.2. The van der Waals surface area contributed by atoms with E-state index in [-0.39, 0.29) is 18.4 Å². The van der Waals surface area contributed by atoms with Gasteiger partial charge in [-0.05, 0) is 56.7 Å². The lowest BCUT2D eigenvalue weighted by Gasteiger charge is -2.20. The highest BCUT2D eigenvalue weighted by Crippen LogP contribution is 2.20. The molecule has 18 heavy (non-hydrogen) atoms. The number of halogens is 2. The van der Waals surface area contributed by atoms with Crippen molar-refractivity contribution in [3.8, 4) is 0 Å². The van der Waals surface area contributed by atoms with E-state index in [4.69, 9.17) is 0 Å². The molecule has 0 heterocycles. The Hall–Kier alpha value is -0.630. The third-order valence-electron chi connectivity index (χ3n) is 2.38. The minimum absolute atomic E-state index is 0.0732. The van der Waals surface area contributed by atoms with Crippen LogP contribution >= 0.6 is 38.5 Å². The molecule has 0 radical (unpaired) electrons. The first-order chi connectivity index (χ1) is 8.32. The normalized spacial score (nSPS) is 10.1. The zero-order valence-corrected chi connectivity index (χ0v) is 14.1. The summed E-state index contributed by atoms with van der Waals surface area (Å²) in [5.41, 5.74) is 0.566. The summed E-state index contributed by atoms with van der Waals surface area (Å²) in [5, 5.41) is 0. The number of hydrogen-bond acceptors (Lipinski definition) is 2. The molecule has 0 aliphatic heterocycles. The average molecular weight is 425 g/mol. The summed E-state index contributed by atoms with van der Waals surface area (Å²) in [7, 11) is 4.96. The van der Waals surface area contributed by atoms with Crippen molar-refractivity contribution in [3.05, 3.63) is 31.8 Å². The van der Waals surface area contributed by atoms with E-state index in [0.717, 1.165) is 8.04 Å². The minimum atomic E-state index is -0.171. The van der Waals surface area contributed by atoms with Gasteiger partial charge in [0, 0.05) is 29.2 Å². The van der Waals surface area contributed by atoms with Crippen LogP contribution in [0.25, 0.3) is 0 Å². The maximum atomic E-state index is 12.2. The van der Waals surface area contributed by atoms with Crippen LogP contribution in [0.1, 0.15) is 10.4 Å². The molecule has 98 valence electrons. The van der Waals surface area contributed by atoms with Gasteiger partial charge in [-0.25, -0.2) is 0 Å². The maximum Gasteiger partial charge on any atom is 0.255 e. The molecule has 1 rings (SSSR count). The van der Waals surface area contributed by atoms with E-state index in [1.807, 2.05) is 12.1 Å². The predicted molar refractivity (Wildman–Crippen MR) is 82.5 cm³/mol. The number of benzene rings is 1. The summed E-state index contributed by atoms with van der Waals surface area (Å²) >= 11 is 5.50. The summed E-state index contributed by atoms with van der Waals surface area (Å²) in [6, 6.07) is 5.53. The van der Waals surface area contributed by atoms with Crippen LogP contribution in [0.4, 0.5) is 0 Å². The average Bonchev–Trinajstić information content (AvgIpc) is 2.31. The quantitative estimate of drug-likeness (QED) is 0.698. The molecular weight excluding hydrogens is 411 g/mol. The minimum Gasteiger partial charge on any atom is -0.347 e. The Kier molecular flexibility index (Phi) is 5.58. The summed E-state index contributed by atoms with van der Waals surface area (Å²) in [4.78, 5) is 26.6. The molecule has 4 nitrogen and oxygen atoms in total. The first-order valence-corrected chi connectivity index (χ1v) is 7.10. The number of amides is 2. The van der Waals surface area contributed by atoms with Crippen molar-refractivity contribution in [2.75, 3.05) is 27.7 Å². The fourth-order valence-electron chi connectivity index (χ4n) is 1.28. The predicted octanol–water partition coefficient (Wildman–Crippen LogP) is 2.21. The fourth-order valence-corrected chi connectivity index (χ4v) is 2.19. The summed E-state index contributed by atoms with van der Waals surface area (Å²) in [5.74, 6) is -0.275. The Morgan fingerprint density at radius 3 is 2.44 bits per heavy atom. The number of carbonyl (C=O) groups is 2. The highest BCUT2D eigenvalue weighted by molar-refractivity contribution is 14.1. The second-order valence-electron chi connectivity index (χ2n) is 4.07. The van der Waals surface area contributed by atoms with Crippen LogP contribution in [0.3, 0.4) is 0 Å². The number of likely N-dealkylation sites (N-methyl/N-ethyl adjacent to an activating group) is 2. The van der Waals surface area contributed by atoms with Gasteiger partial charge in [0.15, 0.2) is 0 Å². The van der Waals surface area contributed by atoms with Crippen molar-refractivity contribution in [1.29, 1.82) is 0 Å². The number of hydrogen-bond donors (Lipinski definition) is 0. The number of nitrogens with zero attached hydrogens (tertiary/aromatic N) is 2. The van der Waals surface area contributed by atoms with E-state index in [0.29, 0.717) is 5.56 Å². The molecule has 0 bridgehead atoms.